The van der Waals surface area contributed by atoms with Crippen LogP contribution in [0.15, 0.2) is 35.5 Å². The normalized spacial score (nSPS) is 13.8. The average Bonchev–Trinajstić information content (AvgIpc) is 2.96. The van der Waals surface area contributed by atoms with Gasteiger partial charge in [-0.3, -0.25) is 4.79 Å². The van der Waals surface area contributed by atoms with Crippen LogP contribution in [0.4, 0.5) is 0 Å². The minimum atomic E-state index is -0.724. The molecule has 2 aromatic rings. The summed E-state index contributed by atoms with van der Waals surface area (Å²) in [4.78, 5) is 11.4. The molecule has 0 bridgehead atoms. The van der Waals surface area contributed by atoms with Gasteiger partial charge in [-0.25, -0.2) is 0 Å². The maximum atomic E-state index is 11.4. The van der Waals surface area contributed by atoms with Crippen LogP contribution >= 0.6 is 11.8 Å². The Morgan fingerprint density at radius 3 is 2.76 bits per heavy atom. The summed E-state index contributed by atoms with van der Waals surface area (Å²) in [6.45, 7) is 1.79. The summed E-state index contributed by atoms with van der Waals surface area (Å²) < 4.78 is 1.67. The van der Waals surface area contributed by atoms with Gasteiger partial charge in [0.25, 0.3) is 0 Å². The topological polar surface area (TPSA) is 98.7 Å². The fourth-order valence-corrected chi connectivity index (χ4v) is 2.77. The van der Waals surface area contributed by atoms with E-state index >= 15 is 0 Å². The predicted octanol–water partition coefficient (Wildman–Crippen LogP) is 0.608. The third kappa shape index (κ3) is 3.59. The molecular weight excluding hydrogens is 288 g/mol. The summed E-state index contributed by atoms with van der Waals surface area (Å²) >= 11 is 1.49. The Morgan fingerprint density at radius 1 is 1.43 bits per heavy atom. The number of aromatic nitrogens is 4. The first-order chi connectivity index (χ1) is 10.1. The quantitative estimate of drug-likeness (QED) is 0.727. The molecule has 1 atom stereocenters. The van der Waals surface area contributed by atoms with Crippen LogP contribution in [0.3, 0.4) is 0 Å². The maximum Gasteiger partial charge on any atom is 0.237 e. The predicted molar refractivity (Wildman–Crippen MR) is 81.2 cm³/mol. The molecule has 1 heterocycles. The second kappa shape index (κ2) is 6.68. The van der Waals surface area contributed by atoms with E-state index in [1.165, 1.54) is 11.8 Å². The third-order valence-electron chi connectivity index (χ3n) is 3.37. The van der Waals surface area contributed by atoms with Gasteiger partial charge in [0.05, 0.1) is 11.2 Å². The number of thioether (sulfide) groups is 1. The number of para-hydroxylation sites is 1. The molecule has 3 N–H and O–H groups in total. The minimum Gasteiger partial charge on any atom is -0.368 e. The lowest BCUT2D eigenvalue weighted by Gasteiger charge is -2.24. The number of hydrogen-bond acceptors (Lipinski definition) is 6. The van der Waals surface area contributed by atoms with E-state index in [9.17, 15) is 4.79 Å². The number of likely N-dealkylation sites (N-methyl/N-ethyl adjacent to an activating group) is 1. The Kier molecular flexibility index (Phi) is 4.92. The molecule has 0 radical (unpaired) electrons. The van der Waals surface area contributed by atoms with E-state index in [1.54, 1.807) is 18.7 Å². The summed E-state index contributed by atoms with van der Waals surface area (Å²) in [6, 6.07) is 9.65. The standard InChI is InChI=1S/C13H18N6OS/c1-13(15-2,11(14)20)8-9-21-12-16-17-18-19(12)10-6-4-3-5-7-10/h3-7,15H,8-9H2,1-2H3,(H2,14,20). The number of primary amides is 1. The molecule has 2 rings (SSSR count). The monoisotopic (exact) mass is 306 g/mol. The molecule has 1 aromatic heterocycles. The first-order valence-electron chi connectivity index (χ1n) is 6.52. The Balaban J connectivity index is 2.03. The zero-order valence-corrected chi connectivity index (χ0v) is 12.8. The van der Waals surface area contributed by atoms with Crippen molar-refractivity contribution < 1.29 is 4.79 Å². The molecule has 112 valence electrons. The zero-order chi connectivity index (χ0) is 15.3. The highest BCUT2D eigenvalue weighted by molar-refractivity contribution is 7.99. The lowest BCUT2D eigenvalue weighted by atomic mass is 9.99. The van der Waals surface area contributed by atoms with Gasteiger partial charge < -0.3 is 11.1 Å². The fraction of sp³-hybridized carbons (Fsp3) is 0.385. The molecule has 0 saturated carbocycles. The number of hydrogen-bond donors (Lipinski definition) is 2. The highest BCUT2D eigenvalue weighted by atomic mass is 32.2. The van der Waals surface area contributed by atoms with Crippen molar-refractivity contribution in [1.29, 1.82) is 0 Å². The van der Waals surface area contributed by atoms with Gasteiger partial charge >= 0.3 is 0 Å². The number of nitrogens with zero attached hydrogens (tertiary/aromatic N) is 4. The fourth-order valence-electron chi connectivity index (χ4n) is 1.72. The number of carbonyl (C=O) groups excluding carboxylic acids is 1. The molecular formula is C13H18N6OS. The van der Waals surface area contributed by atoms with Crippen LogP contribution < -0.4 is 11.1 Å². The highest BCUT2D eigenvalue weighted by Crippen LogP contribution is 2.21. The van der Waals surface area contributed by atoms with Crippen LogP contribution in [0.1, 0.15) is 13.3 Å². The molecule has 7 nitrogen and oxygen atoms in total. The van der Waals surface area contributed by atoms with Crippen LogP contribution in [0.2, 0.25) is 0 Å². The van der Waals surface area contributed by atoms with Gasteiger partial charge in [-0.1, -0.05) is 30.0 Å². The van der Waals surface area contributed by atoms with Crippen LogP contribution in [0, 0.1) is 0 Å². The zero-order valence-electron chi connectivity index (χ0n) is 12.0. The van der Waals surface area contributed by atoms with Crippen molar-refractivity contribution in [2.75, 3.05) is 12.8 Å². The molecule has 0 aliphatic heterocycles. The Hall–Kier alpha value is -1.93. The lowest BCUT2D eigenvalue weighted by molar-refractivity contribution is -0.123. The first-order valence-corrected chi connectivity index (χ1v) is 7.51. The van der Waals surface area contributed by atoms with Gasteiger partial charge in [-0.2, -0.15) is 4.68 Å². The van der Waals surface area contributed by atoms with Crippen molar-refractivity contribution >= 4 is 17.7 Å². The second-order valence-corrected chi connectivity index (χ2v) is 5.82. The molecule has 0 saturated heterocycles. The molecule has 0 aliphatic carbocycles. The Bertz CT molecular complexity index is 602. The molecule has 1 amide bonds. The largest absolute Gasteiger partial charge is 0.368 e. The lowest BCUT2D eigenvalue weighted by Crippen LogP contribution is -2.51. The number of amides is 1. The molecule has 0 aliphatic rings. The summed E-state index contributed by atoms with van der Waals surface area (Å²) in [5, 5.41) is 15.3. The molecule has 1 unspecified atom stereocenters. The van der Waals surface area contributed by atoms with Crippen molar-refractivity contribution in [1.82, 2.24) is 25.5 Å². The number of benzene rings is 1. The Labute approximate surface area is 127 Å². The highest BCUT2D eigenvalue weighted by Gasteiger charge is 2.28. The van der Waals surface area contributed by atoms with Crippen LogP contribution in [0.25, 0.3) is 5.69 Å². The van der Waals surface area contributed by atoms with Crippen LogP contribution in [-0.2, 0) is 4.79 Å². The minimum absolute atomic E-state index is 0.367. The van der Waals surface area contributed by atoms with Crippen molar-refractivity contribution in [3.05, 3.63) is 30.3 Å². The summed E-state index contributed by atoms with van der Waals surface area (Å²) in [6.07, 6.45) is 0.588. The van der Waals surface area contributed by atoms with Crippen molar-refractivity contribution in [2.24, 2.45) is 5.73 Å². The van der Waals surface area contributed by atoms with Gasteiger partial charge in [0, 0.05) is 5.75 Å². The van der Waals surface area contributed by atoms with Gasteiger partial charge in [-0.05, 0) is 43.0 Å². The molecule has 1 aromatic carbocycles. The van der Waals surface area contributed by atoms with E-state index in [-0.39, 0.29) is 5.91 Å². The number of rotatable bonds is 7. The van der Waals surface area contributed by atoms with Gasteiger partial charge in [0.2, 0.25) is 11.1 Å². The third-order valence-corrected chi connectivity index (χ3v) is 4.29. The van der Waals surface area contributed by atoms with E-state index in [1.807, 2.05) is 30.3 Å². The van der Waals surface area contributed by atoms with Crippen molar-refractivity contribution in [2.45, 2.75) is 24.0 Å². The smallest absolute Gasteiger partial charge is 0.237 e. The average molecular weight is 306 g/mol. The SMILES string of the molecule is CNC(C)(CCSc1nnnn1-c1ccccc1)C(N)=O. The van der Waals surface area contributed by atoms with Crippen LogP contribution in [-0.4, -0.2) is 44.5 Å². The van der Waals surface area contributed by atoms with E-state index < -0.39 is 5.54 Å². The first kappa shape index (κ1) is 15.5. The van der Waals surface area contributed by atoms with E-state index in [4.69, 9.17) is 5.73 Å². The number of nitrogens with one attached hydrogen (secondary N) is 1. The molecule has 21 heavy (non-hydrogen) atoms. The molecule has 0 spiro atoms. The van der Waals surface area contributed by atoms with Gasteiger partial charge in [-0.15, -0.1) is 5.10 Å². The van der Waals surface area contributed by atoms with Crippen molar-refractivity contribution in [3.63, 3.8) is 0 Å². The maximum absolute atomic E-state index is 11.4. The van der Waals surface area contributed by atoms with Gasteiger partial charge in [0.15, 0.2) is 0 Å². The number of nitrogens with two attached hydrogens (primary N) is 1. The van der Waals surface area contributed by atoms with Gasteiger partial charge in [0.1, 0.15) is 0 Å². The van der Waals surface area contributed by atoms with Crippen molar-refractivity contribution in [3.8, 4) is 5.69 Å². The Morgan fingerprint density at radius 2 is 2.14 bits per heavy atom. The van der Waals surface area contributed by atoms with E-state index in [0.29, 0.717) is 17.3 Å². The molecule has 0 fully saturated rings. The summed E-state index contributed by atoms with van der Waals surface area (Å²) in [7, 11) is 1.73. The molecule has 8 heteroatoms. The van der Waals surface area contributed by atoms with Crippen LogP contribution in [0.5, 0.6) is 0 Å². The summed E-state index contributed by atoms with van der Waals surface area (Å²) in [5.74, 6) is 0.307. The second-order valence-electron chi connectivity index (χ2n) is 4.75. The van der Waals surface area contributed by atoms with E-state index in [0.717, 1.165) is 5.69 Å². The van der Waals surface area contributed by atoms with E-state index in [2.05, 4.69) is 20.8 Å². The number of carbonyl (C=O) groups is 1. The summed E-state index contributed by atoms with van der Waals surface area (Å²) in [5.41, 5.74) is 5.58. The number of tetrazole rings is 1.